The van der Waals surface area contributed by atoms with E-state index in [0.29, 0.717) is 18.7 Å². The normalized spacial score (nSPS) is 10.3. The predicted octanol–water partition coefficient (Wildman–Crippen LogP) is 3.89. The first-order chi connectivity index (χ1) is 11.0. The fourth-order valence-electron chi connectivity index (χ4n) is 2.32. The molecule has 2 rings (SSSR count). The van der Waals surface area contributed by atoms with Gasteiger partial charge in [0.25, 0.3) is 0 Å². The zero-order chi connectivity index (χ0) is 16.8. The summed E-state index contributed by atoms with van der Waals surface area (Å²) in [6.07, 6.45) is 0. The fraction of sp³-hybridized carbons (Fsp3) is 0.316. The Bertz CT molecular complexity index is 695. The van der Waals surface area contributed by atoms with Crippen molar-refractivity contribution >= 4 is 11.7 Å². The third-order valence-corrected chi connectivity index (χ3v) is 3.81. The summed E-state index contributed by atoms with van der Waals surface area (Å²) in [4.78, 5) is 11.8. The minimum absolute atomic E-state index is 0.341. The van der Waals surface area contributed by atoms with Gasteiger partial charge >= 0.3 is 5.97 Å². The van der Waals surface area contributed by atoms with E-state index in [2.05, 4.69) is 18.3 Å². The molecule has 0 spiro atoms. The van der Waals surface area contributed by atoms with Crippen LogP contribution in [-0.2, 0) is 4.74 Å². The summed E-state index contributed by atoms with van der Waals surface area (Å²) in [5.41, 5.74) is 4.67. The van der Waals surface area contributed by atoms with E-state index in [1.165, 1.54) is 12.7 Å². The average molecular weight is 313 g/mol. The van der Waals surface area contributed by atoms with Crippen LogP contribution >= 0.6 is 0 Å². The number of rotatable bonds is 6. The van der Waals surface area contributed by atoms with E-state index in [1.54, 1.807) is 0 Å². The molecule has 0 aliphatic carbocycles. The first-order valence-corrected chi connectivity index (χ1v) is 7.64. The Balaban J connectivity index is 1.96. The largest absolute Gasteiger partial charge is 0.491 e. The van der Waals surface area contributed by atoms with Gasteiger partial charge in [-0.1, -0.05) is 23.8 Å². The number of ether oxygens (including phenoxy) is 2. The molecule has 122 valence electrons. The molecular weight excluding hydrogens is 290 g/mol. The number of hydrogen-bond acceptors (Lipinski definition) is 4. The molecule has 0 fully saturated rings. The van der Waals surface area contributed by atoms with Gasteiger partial charge in [0.05, 0.1) is 12.7 Å². The van der Waals surface area contributed by atoms with Crippen molar-refractivity contribution in [2.75, 3.05) is 25.6 Å². The molecule has 0 aromatic heterocycles. The lowest BCUT2D eigenvalue weighted by atomic mass is 10.1. The molecule has 0 saturated carbocycles. The molecule has 0 amide bonds. The molecule has 4 nitrogen and oxygen atoms in total. The maximum atomic E-state index is 11.8. The lowest BCUT2D eigenvalue weighted by Gasteiger charge is -2.14. The molecule has 0 aliphatic heterocycles. The molecule has 23 heavy (non-hydrogen) atoms. The van der Waals surface area contributed by atoms with Crippen LogP contribution in [0.3, 0.4) is 0 Å². The second-order valence-corrected chi connectivity index (χ2v) is 5.51. The summed E-state index contributed by atoms with van der Waals surface area (Å²) in [5.74, 6) is 0.551. The maximum Gasteiger partial charge on any atom is 0.339 e. The second-order valence-electron chi connectivity index (χ2n) is 5.51. The quantitative estimate of drug-likeness (QED) is 0.649. The van der Waals surface area contributed by atoms with E-state index in [1.807, 2.05) is 44.2 Å². The highest BCUT2D eigenvalue weighted by atomic mass is 16.5. The summed E-state index contributed by atoms with van der Waals surface area (Å²) in [6, 6.07) is 11.7. The van der Waals surface area contributed by atoms with E-state index in [0.717, 1.165) is 22.6 Å². The Hall–Kier alpha value is -2.49. The van der Waals surface area contributed by atoms with Crippen molar-refractivity contribution in [1.29, 1.82) is 0 Å². The summed E-state index contributed by atoms with van der Waals surface area (Å²) in [5, 5.41) is 3.23. The molecular formula is C19H23NO3. The molecule has 0 unspecified atom stereocenters. The SMILES string of the molecule is COC(=O)c1cc(C)ccc1NCCOc1cccc(C)c1C. The van der Waals surface area contributed by atoms with E-state index in [4.69, 9.17) is 9.47 Å². The second kappa shape index (κ2) is 7.68. The van der Waals surface area contributed by atoms with Gasteiger partial charge in [-0.2, -0.15) is 0 Å². The number of carbonyl (C=O) groups is 1. The molecule has 4 heteroatoms. The van der Waals surface area contributed by atoms with E-state index in [-0.39, 0.29) is 5.97 Å². The van der Waals surface area contributed by atoms with Crippen LogP contribution in [0.15, 0.2) is 36.4 Å². The summed E-state index contributed by atoms with van der Waals surface area (Å²) >= 11 is 0. The van der Waals surface area contributed by atoms with Crippen LogP contribution in [0.25, 0.3) is 0 Å². The van der Waals surface area contributed by atoms with E-state index >= 15 is 0 Å². The highest BCUT2D eigenvalue weighted by Gasteiger charge is 2.11. The monoisotopic (exact) mass is 313 g/mol. The van der Waals surface area contributed by atoms with Crippen molar-refractivity contribution in [3.8, 4) is 5.75 Å². The van der Waals surface area contributed by atoms with Gasteiger partial charge in [0.15, 0.2) is 0 Å². The fourth-order valence-corrected chi connectivity index (χ4v) is 2.32. The van der Waals surface area contributed by atoms with Gasteiger partial charge in [-0.3, -0.25) is 0 Å². The molecule has 2 aromatic carbocycles. The third-order valence-electron chi connectivity index (χ3n) is 3.81. The van der Waals surface area contributed by atoms with Crippen LogP contribution in [0, 0.1) is 20.8 Å². The summed E-state index contributed by atoms with van der Waals surface area (Å²) in [7, 11) is 1.39. The molecule has 0 heterocycles. The third kappa shape index (κ3) is 4.25. The van der Waals surface area contributed by atoms with Crippen LogP contribution in [-0.4, -0.2) is 26.2 Å². The number of carbonyl (C=O) groups excluding carboxylic acids is 1. The van der Waals surface area contributed by atoms with Gasteiger partial charge in [0.2, 0.25) is 0 Å². The van der Waals surface area contributed by atoms with E-state index in [9.17, 15) is 4.79 Å². The topological polar surface area (TPSA) is 47.6 Å². The molecule has 1 N–H and O–H groups in total. The summed E-state index contributed by atoms with van der Waals surface area (Å²) in [6.45, 7) is 7.17. The smallest absolute Gasteiger partial charge is 0.339 e. The van der Waals surface area contributed by atoms with Crippen molar-refractivity contribution < 1.29 is 14.3 Å². The van der Waals surface area contributed by atoms with Crippen LogP contribution < -0.4 is 10.1 Å². The minimum atomic E-state index is -0.341. The van der Waals surface area contributed by atoms with Gasteiger partial charge in [0.1, 0.15) is 12.4 Å². The van der Waals surface area contributed by atoms with Gasteiger partial charge in [0, 0.05) is 12.2 Å². The first kappa shape index (κ1) is 16.9. The minimum Gasteiger partial charge on any atom is -0.491 e. The highest BCUT2D eigenvalue weighted by molar-refractivity contribution is 5.95. The van der Waals surface area contributed by atoms with E-state index < -0.39 is 0 Å². The molecule has 0 atom stereocenters. The molecule has 0 saturated heterocycles. The van der Waals surface area contributed by atoms with Crippen LogP contribution in [0.1, 0.15) is 27.0 Å². The Morgan fingerprint density at radius 2 is 1.91 bits per heavy atom. The highest BCUT2D eigenvalue weighted by Crippen LogP contribution is 2.21. The first-order valence-electron chi connectivity index (χ1n) is 7.64. The van der Waals surface area contributed by atoms with Crippen LogP contribution in [0.5, 0.6) is 5.75 Å². The predicted molar refractivity (Wildman–Crippen MR) is 92.4 cm³/mol. The number of benzene rings is 2. The van der Waals surface area contributed by atoms with Crippen molar-refractivity contribution in [3.05, 3.63) is 58.7 Å². The van der Waals surface area contributed by atoms with Crippen molar-refractivity contribution in [3.63, 3.8) is 0 Å². The molecule has 0 radical (unpaired) electrons. The van der Waals surface area contributed by atoms with Crippen LogP contribution in [0.4, 0.5) is 5.69 Å². The summed E-state index contributed by atoms with van der Waals surface area (Å²) < 4.78 is 10.6. The maximum absolute atomic E-state index is 11.8. The average Bonchev–Trinajstić information content (AvgIpc) is 2.55. The molecule has 0 bridgehead atoms. The Labute approximate surface area is 137 Å². The van der Waals surface area contributed by atoms with Gasteiger partial charge < -0.3 is 14.8 Å². The number of aryl methyl sites for hydroxylation is 2. The van der Waals surface area contributed by atoms with Gasteiger partial charge in [-0.25, -0.2) is 4.79 Å². The Kier molecular flexibility index (Phi) is 5.63. The standard InChI is InChI=1S/C19H23NO3/c1-13-8-9-17(16(12-13)19(21)22-4)20-10-11-23-18-7-5-6-14(2)15(18)3/h5-9,12,20H,10-11H2,1-4H3. The zero-order valence-electron chi connectivity index (χ0n) is 14.1. The number of methoxy groups -OCH3 is 1. The van der Waals surface area contributed by atoms with Crippen molar-refractivity contribution in [2.24, 2.45) is 0 Å². The lowest BCUT2D eigenvalue weighted by molar-refractivity contribution is 0.0601. The number of nitrogens with one attached hydrogen (secondary N) is 1. The van der Waals surface area contributed by atoms with Crippen molar-refractivity contribution in [2.45, 2.75) is 20.8 Å². The van der Waals surface area contributed by atoms with Gasteiger partial charge in [-0.15, -0.1) is 0 Å². The van der Waals surface area contributed by atoms with Crippen molar-refractivity contribution in [1.82, 2.24) is 0 Å². The lowest BCUT2D eigenvalue weighted by Crippen LogP contribution is -2.15. The number of esters is 1. The number of anilines is 1. The molecule has 0 aliphatic rings. The van der Waals surface area contributed by atoms with Gasteiger partial charge in [-0.05, 0) is 50.1 Å². The number of hydrogen-bond donors (Lipinski definition) is 1. The Morgan fingerprint density at radius 3 is 2.65 bits per heavy atom. The zero-order valence-corrected chi connectivity index (χ0v) is 14.1. The Morgan fingerprint density at radius 1 is 1.13 bits per heavy atom. The molecule has 2 aromatic rings. The van der Waals surface area contributed by atoms with Crippen LogP contribution in [0.2, 0.25) is 0 Å².